The monoisotopic (exact) mass is 362 g/mol. The molecule has 3 rings (SSSR count). The summed E-state index contributed by atoms with van der Waals surface area (Å²) in [6.07, 6.45) is 3.32. The van der Waals surface area contributed by atoms with E-state index in [0.29, 0.717) is 17.9 Å². The Bertz CT molecular complexity index is 850. The quantitative estimate of drug-likeness (QED) is 0.751. The highest BCUT2D eigenvalue weighted by molar-refractivity contribution is 7.89. The van der Waals surface area contributed by atoms with Crippen LogP contribution in [0.5, 0.6) is 0 Å². The van der Waals surface area contributed by atoms with Crippen molar-refractivity contribution in [2.45, 2.75) is 36.8 Å². The highest BCUT2D eigenvalue weighted by Crippen LogP contribution is 2.18. The van der Waals surface area contributed by atoms with Crippen molar-refractivity contribution in [3.05, 3.63) is 24.3 Å². The summed E-state index contributed by atoms with van der Waals surface area (Å²) >= 11 is 0. The minimum atomic E-state index is -3.69. The molecule has 1 aliphatic heterocycles. The summed E-state index contributed by atoms with van der Waals surface area (Å²) < 4.78 is 31.7. The predicted octanol–water partition coefficient (Wildman–Crippen LogP) is 0.711. The molecule has 0 bridgehead atoms. The summed E-state index contributed by atoms with van der Waals surface area (Å²) in [5.74, 6) is 0.421. The van der Waals surface area contributed by atoms with Crippen LogP contribution in [0.15, 0.2) is 29.2 Å². The molecule has 0 amide bonds. The third-order valence-electron chi connectivity index (χ3n) is 3.86. The number of benzene rings is 1. The van der Waals surface area contributed by atoms with Gasteiger partial charge >= 0.3 is 0 Å². The summed E-state index contributed by atoms with van der Waals surface area (Å²) in [5.41, 5.74) is 0.662. The first-order chi connectivity index (χ1) is 12.1. The van der Waals surface area contributed by atoms with Gasteiger partial charge in [0.05, 0.1) is 30.2 Å². The van der Waals surface area contributed by atoms with E-state index in [4.69, 9.17) is 10.00 Å². The Hall–Kier alpha value is -2.35. The topological polar surface area (TPSA) is 123 Å². The molecule has 1 aromatic heterocycles. The van der Waals surface area contributed by atoms with Crippen LogP contribution in [0.3, 0.4) is 0 Å². The molecule has 1 unspecified atom stereocenters. The number of nitrogens with one attached hydrogen (secondary N) is 1. The number of rotatable bonds is 6. The Balaban J connectivity index is 1.69. The van der Waals surface area contributed by atoms with Gasteiger partial charge in [-0.15, -0.1) is 10.2 Å². The van der Waals surface area contributed by atoms with Gasteiger partial charge in [-0.25, -0.2) is 8.42 Å². The largest absolute Gasteiger partial charge is 0.376 e. The normalized spacial score (nSPS) is 18.0. The van der Waals surface area contributed by atoms with Crippen molar-refractivity contribution >= 4 is 10.0 Å². The van der Waals surface area contributed by atoms with E-state index in [1.807, 2.05) is 0 Å². The van der Waals surface area contributed by atoms with Crippen LogP contribution in [0.2, 0.25) is 0 Å². The van der Waals surface area contributed by atoms with Gasteiger partial charge in [-0.3, -0.25) is 0 Å². The van der Waals surface area contributed by atoms with Crippen LogP contribution in [-0.2, 0) is 21.3 Å². The third kappa shape index (κ3) is 4.39. The first-order valence-corrected chi connectivity index (χ1v) is 9.43. The molecule has 25 heavy (non-hydrogen) atoms. The van der Waals surface area contributed by atoms with Crippen LogP contribution in [0, 0.1) is 11.3 Å². The first kappa shape index (κ1) is 17.5. The molecule has 10 heteroatoms. The number of nitrogens with zero attached hydrogens (tertiary/aromatic N) is 5. The van der Waals surface area contributed by atoms with Crippen LogP contribution >= 0.6 is 0 Å². The van der Waals surface area contributed by atoms with Crippen molar-refractivity contribution in [2.24, 2.45) is 0 Å². The lowest BCUT2D eigenvalue weighted by molar-refractivity contribution is 0.00133. The fourth-order valence-electron chi connectivity index (χ4n) is 2.56. The van der Waals surface area contributed by atoms with Crippen LogP contribution in [0.25, 0.3) is 11.4 Å². The van der Waals surface area contributed by atoms with Crippen molar-refractivity contribution in [1.82, 2.24) is 24.9 Å². The molecule has 132 valence electrons. The van der Waals surface area contributed by atoms with Gasteiger partial charge in [0.15, 0.2) is 0 Å². The van der Waals surface area contributed by atoms with Crippen molar-refractivity contribution in [2.75, 3.05) is 13.2 Å². The SMILES string of the molecule is N#CCNS(=O)(=O)c1ccc(-c2nnn(CC3CCCCO3)n2)cc1. The molecule has 9 nitrogen and oxygen atoms in total. The van der Waals surface area contributed by atoms with Gasteiger partial charge in [-0.05, 0) is 48.7 Å². The molecule has 1 aliphatic rings. The zero-order valence-electron chi connectivity index (χ0n) is 13.5. The van der Waals surface area contributed by atoms with Gasteiger partial charge in [0.1, 0.15) is 0 Å². The average Bonchev–Trinajstić information content (AvgIpc) is 3.09. The summed E-state index contributed by atoms with van der Waals surface area (Å²) in [5, 5.41) is 20.8. The van der Waals surface area contributed by atoms with E-state index < -0.39 is 10.0 Å². The van der Waals surface area contributed by atoms with E-state index in [2.05, 4.69) is 20.1 Å². The molecule has 1 aromatic carbocycles. The Morgan fingerprint density at radius 3 is 2.80 bits per heavy atom. The number of tetrazole rings is 1. The zero-order valence-corrected chi connectivity index (χ0v) is 14.3. The maximum absolute atomic E-state index is 11.9. The molecule has 1 saturated heterocycles. The van der Waals surface area contributed by atoms with E-state index in [1.54, 1.807) is 18.2 Å². The second-order valence-corrected chi connectivity index (χ2v) is 7.43. The molecule has 0 aliphatic carbocycles. The number of ether oxygens (including phenoxy) is 1. The molecule has 0 radical (unpaired) electrons. The first-order valence-electron chi connectivity index (χ1n) is 7.95. The molecule has 1 atom stereocenters. The molecule has 0 saturated carbocycles. The predicted molar refractivity (Wildman–Crippen MR) is 87.6 cm³/mol. The Morgan fingerprint density at radius 1 is 1.32 bits per heavy atom. The van der Waals surface area contributed by atoms with Crippen molar-refractivity contribution < 1.29 is 13.2 Å². The lowest BCUT2D eigenvalue weighted by Gasteiger charge is -2.21. The number of nitriles is 1. The third-order valence-corrected chi connectivity index (χ3v) is 5.27. The zero-order chi connectivity index (χ0) is 17.7. The van der Waals surface area contributed by atoms with Gasteiger partial charge in [0, 0.05) is 12.2 Å². The highest BCUT2D eigenvalue weighted by atomic mass is 32.2. The molecule has 0 spiro atoms. The van der Waals surface area contributed by atoms with Crippen LogP contribution in [-0.4, -0.2) is 47.9 Å². The minimum absolute atomic E-state index is 0.0782. The molecule has 2 aromatic rings. The van der Waals surface area contributed by atoms with Gasteiger partial charge in [-0.1, -0.05) is 0 Å². The summed E-state index contributed by atoms with van der Waals surface area (Å²) in [6.45, 7) is 1.04. The minimum Gasteiger partial charge on any atom is -0.376 e. The second-order valence-electron chi connectivity index (χ2n) is 5.66. The highest BCUT2D eigenvalue weighted by Gasteiger charge is 2.17. The van der Waals surface area contributed by atoms with Crippen molar-refractivity contribution in [3.8, 4) is 17.5 Å². The van der Waals surface area contributed by atoms with Crippen molar-refractivity contribution in [3.63, 3.8) is 0 Å². The standard InChI is InChI=1S/C15H18N6O3S/c16-8-9-17-25(22,23)14-6-4-12(5-7-14)15-18-20-21(19-15)11-13-3-1-2-10-24-13/h4-7,13,17H,1-3,9-11H2. The molecular formula is C15H18N6O3S. The fourth-order valence-corrected chi connectivity index (χ4v) is 3.48. The fraction of sp³-hybridized carbons (Fsp3) is 0.467. The summed E-state index contributed by atoms with van der Waals surface area (Å²) in [6, 6.07) is 7.85. The van der Waals surface area contributed by atoms with E-state index >= 15 is 0 Å². The molecule has 1 fully saturated rings. The number of sulfonamides is 1. The van der Waals surface area contributed by atoms with E-state index in [1.165, 1.54) is 16.9 Å². The van der Waals surface area contributed by atoms with Gasteiger partial charge in [0.25, 0.3) is 0 Å². The molecule has 2 heterocycles. The molecular weight excluding hydrogens is 344 g/mol. The lowest BCUT2D eigenvalue weighted by atomic mass is 10.1. The maximum atomic E-state index is 11.9. The maximum Gasteiger partial charge on any atom is 0.241 e. The van der Waals surface area contributed by atoms with E-state index in [9.17, 15) is 8.42 Å². The van der Waals surface area contributed by atoms with Gasteiger partial charge in [0.2, 0.25) is 15.8 Å². The van der Waals surface area contributed by atoms with Gasteiger partial charge < -0.3 is 4.74 Å². The smallest absolute Gasteiger partial charge is 0.241 e. The Labute approximate surface area is 145 Å². The Kier molecular flexibility index (Phi) is 5.37. The van der Waals surface area contributed by atoms with Gasteiger partial charge in [-0.2, -0.15) is 14.8 Å². The van der Waals surface area contributed by atoms with E-state index in [0.717, 1.165) is 25.9 Å². The second kappa shape index (κ2) is 7.69. The van der Waals surface area contributed by atoms with Crippen molar-refractivity contribution in [1.29, 1.82) is 5.26 Å². The number of hydrogen-bond donors (Lipinski definition) is 1. The van der Waals surface area contributed by atoms with Crippen LogP contribution in [0.1, 0.15) is 19.3 Å². The van der Waals surface area contributed by atoms with E-state index in [-0.39, 0.29) is 17.5 Å². The van der Waals surface area contributed by atoms with Crippen LogP contribution < -0.4 is 4.72 Å². The van der Waals surface area contributed by atoms with Crippen LogP contribution in [0.4, 0.5) is 0 Å². The Morgan fingerprint density at radius 2 is 2.12 bits per heavy atom. The summed E-state index contributed by atoms with van der Waals surface area (Å²) in [7, 11) is -3.69. The lowest BCUT2D eigenvalue weighted by Crippen LogP contribution is -2.25. The molecule has 1 N–H and O–H groups in total. The number of hydrogen-bond acceptors (Lipinski definition) is 7. The summed E-state index contributed by atoms with van der Waals surface area (Å²) in [4.78, 5) is 1.58. The number of aromatic nitrogens is 4. The average molecular weight is 362 g/mol.